The minimum Gasteiger partial charge on any atom is -0.444 e. The molecule has 0 bridgehead atoms. The molecule has 2 N–H and O–H groups in total. The summed E-state index contributed by atoms with van der Waals surface area (Å²) in [5.41, 5.74) is 1.35. The highest BCUT2D eigenvalue weighted by atomic mass is 16.6. The van der Waals surface area contributed by atoms with Crippen LogP contribution < -0.4 is 15.5 Å². The lowest BCUT2D eigenvalue weighted by Gasteiger charge is -2.30. The third-order valence-corrected chi connectivity index (χ3v) is 3.90. The fourth-order valence-electron chi connectivity index (χ4n) is 2.79. The Morgan fingerprint density at radius 2 is 1.80 bits per heavy atom. The molecule has 1 saturated heterocycles. The van der Waals surface area contributed by atoms with E-state index in [1.54, 1.807) is 20.8 Å². The summed E-state index contributed by atoms with van der Waals surface area (Å²) in [6.07, 6.45) is 3.33. The molecule has 2 rings (SSSR count). The summed E-state index contributed by atoms with van der Waals surface area (Å²) in [6, 6.07) is 7.87. The lowest BCUT2D eigenvalue weighted by atomic mass is 10.1. The second kappa shape index (κ2) is 8.74. The number of nitrogens with zero attached hydrogens (tertiary/aromatic N) is 1. The molecule has 0 spiro atoms. The summed E-state index contributed by atoms with van der Waals surface area (Å²) < 4.78 is 5.15. The highest BCUT2D eigenvalue weighted by molar-refractivity contribution is 5.94. The SMILES string of the molecule is CC(C)(C)OC(=O)NCCC(=O)Nc1ccccc1N1CCCCC1. The van der Waals surface area contributed by atoms with Crippen LogP contribution in [0.15, 0.2) is 24.3 Å². The number of hydrogen-bond donors (Lipinski definition) is 2. The van der Waals surface area contributed by atoms with Crippen molar-refractivity contribution in [3.63, 3.8) is 0 Å². The number of para-hydroxylation sites is 2. The highest BCUT2D eigenvalue weighted by Crippen LogP contribution is 2.28. The molecule has 1 aromatic rings. The van der Waals surface area contributed by atoms with E-state index in [1.165, 1.54) is 19.3 Å². The molecule has 2 amide bonds. The Balaban J connectivity index is 1.83. The number of alkyl carbamates (subject to hydrolysis) is 1. The van der Waals surface area contributed by atoms with Crippen molar-refractivity contribution >= 4 is 23.4 Å². The molecule has 0 unspecified atom stereocenters. The summed E-state index contributed by atoms with van der Waals surface area (Å²) in [5, 5.41) is 5.56. The van der Waals surface area contributed by atoms with Crippen LogP contribution in [-0.2, 0) is 9.53 Å². The van der Waals surface area contributed by atoms with E-state index in [0.717, 1.165) is 24.5 Å². The summed E-state index contributed by atoms with van der Waals surface area (Å²) in [5.74, 6) is -0.125. The minimum absolute atomic E-state index is 0.125. The first-order valence-corrected chi connectivity index (χ1v) is 8.96. The van der Waals surface area contributed by atoms with E-state index in [-0.39, 0.29) is 18.9 Å². The molecule has 0 atom stereocenters. The van der Waals surface area contributed by atoms with Crippen molar-refractivity contribution in [3.05, 3.63) is 24.3 Å². The van der Waals surface area contributed by atoms with E-state index in [9.17, 15) is 9.59 Å². The summed E-state index contributed by atoms with van der Waals surface area (Å²) in [4.78, 5) is 26.1. The van der Waals surface area contributed by atoms with Gasteiger partial charge in [-0.25, -0.2) is 4.79 Å². The van der Waals surface area contributed by atoms with Gasteiger partial charge in [0, 0.05) is 26.1 Å². The molecule has 0 aromatic heterocycles. The maximum atomic E-state index is 12.2. The number of nitrogens with one attached hydrogen (secondary N) is 2. The van der Waals surface area contributed by atoms with Crippen molar-refractivity contribution < 1.29 is 14.3 Å². The Bertz CT molecular complexity index is 590. The van der Waals surface area contributed by atoms with Crippen molar-refractivity contribution in [1.82, 2.24) is 5.32 Å². The number of rotatable bonds is 5. The average Bonchev–Trinajstić information content (AvgIpc) is 2.54. The zero-order valence-corrected chi connectivity index (χ0v) is 15.4. The van der Waals surface area contributed by atoms with Crippen molar-refractivity contribution in [1.29, 1.82) is 0 Å². The molecule has 25 heavy (non-hydrogen) atoms. The van der Waals surface area contributed by atoms with Crippen LogP contribution in [-0.4, -0.2) is 37.2 Å². The number of piperidine rings is 1. The Hall–Kier alpha value is -2.24. The van der Waals surface area contributed by atoms with Gasteiger partial charge in [0.25, 0.3) is 0 Å². The largest absolute Gasteiger partial charge is 0.444 e. The fourth-order valence-corrected chi connectivity index (χ4v) is 2.79. The molecule has 0 aliphatic carbocycles. The van der Waals surface area contributed by atoms with Crippen molar-refractivity contribution in [2.45, 2.75) is 52.1 Å². The molecule has 6 heteroatoms. The zero-order chi connectivity index (χ0) is 18.3. The number of hydrogen-bond acceptors (Lipinski definition) is 4. The van der Waals surface area contributed by atoms with Crippen LogP contribution in [0.25, 0.3) is 0 Å². The van der Waals surface area contributed by atoms with Gasteiger partial charge in [-0.15, -0.1) is 0 Å². The molecular weight excluding hydrogens is 318 g/mol. The van der Waals surface area contributed by atoms with Gasteiger partial charge in [0.05, 0.1) is 11.4 Å². The van der Waals surface area contributed by atoms with Crippen molar-refractivity contribution in [3.8, 4) is 0 Å². The van der Waals surface area contributed by atoms with Gasteiger partial charge in [-0.2, -0.15) is 0 Å². The average molecular weight is 347 g/mol. The molecule has 6 nitrogen and oxygen atoms in total. The van der Waals surface area contributed by atoms with Gasteiger partial charge in [0.15, 0.2) is 0 Å². The standard InChI is InChI=1S/C19H29N3O3/c1-19(2,3)25-18(24)20-12-11-17(23)21-15-9-5-6-10-16(15)22-13-7-4-8-14-22/h5-6,9-10H,4,7-8,11-14H2,1-3H3,(H,20,24)(H,21,23). The van der Waals surface area contributed by atoms with Crippen LogP contribution in [0.5, 0.6) is 0 Å². The Morgan fingerprint density at radius 1 is 1.12 bits per heavy atom. The van der Waals surface area contributed by atoms with E-state index in [0.29, 0.717) is 0 Å². The van der Waals surface area contributed by atoms with Crippen LogP contribution in [0.2, 0.25) is 0 Å². The Kier molecular flexibility index (Phi) is 6.67. The minimum atomic E-state index is -0.542. The number of anilines is 2. The summed E-state index contributed by atoms with van der Waals surface area (Å²) in [7, 11) is 0. The lowest BCUT2D eigenvalue weighted by Crippen LogP contribution is -2.34. The van der Waals surface area contributed by atoms with E-state index >= 15 is 0 Å². The predicted molar refractivity (Wildman–Crippen MR) is 100.0 cm³/mol. The molecular formula is C19H29N3O3. The number of amides is 2. The van der Waals surface area contributed by atoms with Gasteiger partial charge in [0.1, 0.15) is 5.60 Å². The van der Waals surface area contributed by atoms with E-state index < -0.39 is 11.7 Å². The molecule has 0 saturated carbocycles. The number of carbonyl (C=O) groups excluding carboxylic acids is 2. The molecule has 1 fully saturated rings. The number of carbonyl (C=O) groups is 2. The normalized spacial score (nSPS) is 14.8. The fraction of sp³-hybridized carbons (Fsp3) is 0.579. The number of ether oxygens (including phenoxy) is 1. The second-order valence-electron chi connectivity index (χ2n) is 7.29. The molecule has 1 heterocycles. The Morgan fingerprint density at radius 3 is 2.48 bits per heavy atom. The second-order valence-corrected chi connectivity index (χ2v) is 7.29. The lowest BCUT2D eigenvalue weighted by molar-refractivity contribution is -0.116. The monoisotopic (exact) mass is 347 g/mol. The summed E-state index contributed by atoms with van der Waals surface area (Å²) >= 11 is 0. The first-order chi connectivity index (χ1) is 11.8. The highest BCUT2D eigenvalue weighted by Gasteiger charge is 2.17. The van der Waals surface area contributed by atoms with Gasteiger partial charge >= 0.3 is 6.09 Å². The smallest absolute Gasteiger partial charge is 0.407 e. The van der Waals surface area contributed by atoms with Crippen LogP contribution >= 0.6 is 0 Å². The first-order valence-electron chi connectivity index (χ1n) is 8.96. The molecule has 138 valence electrons. The van der Waals surface area contributed by atoms with E-state index in [1.807, 2.05) is 24.3 Å². The van der Waals surface area contributed by atoms with Gasteiger partial charge in [-0.1, -0.05) is 12.1 Å². The Labute approximate surface area is 149 Å². The molecule has 0 radical (unpaired) electrons. The van der Waals surface area contributed by atoms with Gasteiger partial charge in [0.2, 0.25) is 5.91 Å². The van der Waals surface area contributed by atoms with Crippen molar-refractivity contribution in [2.24, 2.45) is 0 Å². The van der Waals surface area contributed by atoms with Gasteiger partial charge in [-0.3, -0.25) is 4.79 Å². The third kappa shape index (κ3) is 6.64. The van der Waals surface area contributed by atoms with Crippen LogP contribution in [0.1, 0.15) is 46.5 Å². The zero-order valence-electron chi connectivity index (χ0n) is 15.4. The van der Waals surface area contributed by atoms with Crippen molar-refractivity contribution in [2.75, 3.05) is 29.9 Å². The van der Waals surface area contributed by atoms with Gasteiger partial charge in [-0.05, 0) is 52.2 Å². The van der Waals surface area contributed by atoms with Crippen LogP contribution in [0.4, 0.5) is 16.2 Å². The topological polar surface area (TPSA) is 70.7 Å². The third-order valence-electron chi connectivity index (χ3n) is 3.90. The summed E-state index contributed by atoms with van der Waals surface area (Å²) in [6.45, 7) is 7.69. The molecule has 1 aromatic carbocycles. The van der Waals surface area contributed by atoms with E-state index in [4.69, 9.17) is 4.74 Å². The first kappa shape index (κ1) is 19.1. The van der Waals surface area contributed by atoms with Gasteiger partial charge < -0.3 is 20.3 Å². The molecule has 1 aliphatic heterocycles. The van der Waals surface area contributed by atoms with E-state index in [2.05, 4.69) is 15.5 Å². The quantitative estimate of drug-likeness (QED) is 0.855. The maximum Gasteiger partial charge on any atom is 0.407 e. The van der Waals surface area contributed by atoms with Crippen LogP contribution in [0, 0.1) is 0 Å². The molecule has 1 aliphatic rings. The predicted octanol–water partition coefficient (Wildman–Crippen LogP) is 3.53. The van der Waals surface area contributed by atoms with Crippen LogP contribution in [0.3, 0.4) is 0 Å². The number of benzene rings is 1. The maximum absolute atomic E-state index is 12.2.